The molecule has 8 aromatic carbocycles. The lowest BCUT2D eigenvalue weighted by atomic mass is 9.95. The Hall–Kier alpha value is -7.36. The summed E-state index contributed by atoms with van der Waals surface area (Å²) in [5.74, 6) is 0. The van der Waals surface area contributed by atoms with Crippen molar-refractivity contribution in [2.45, 2.75) is 20.0 Å². The quantitative estimate of drug-likeness (QED) is 0.172. The summed E-state index contributed by atoms with van der Waals surface area (Å²) in [5.41, 5.74) is 10.8. The van der Waals surface area contributed by atoms with Gasteiger partial charge in [0.05, 0.1) is 44.6 Å². The summed E-state index contributed by atoms with van der Waals surface area (Å²) >= 11 is 0. The minimum Gasteiger partial charge on any atom is -0.309 e. The standard InChI is InChI=1S/C52H34F3N3/c1-32-11-9-13-34(25-32)36-21-23-48-42(27-36)40-16-4-7-19-46(40)57(48)50-30-44(39-15-3-6-18-45(39)52(53,54)55)51(29-38(50)31-56)58-47-20-8-5-17-41(47)43-28-37(22-24-49(43)58)35-14-10-12-33(2)26-35/h3-30H,1-2H3. The van der Waals surface area contributed by atoms with E-state index in [0.717, 1.165) is 83.1 Å². The van der Waals surface area contributed by atoms with Crippen molar-refractivity contribution in [3.05, 3.63) is 192 Å². The summed E-state index contributed by atoms with van der Waals surface area (Å²) in [6.07, 6.45) is -4.63. The van der Waals surface area contributed by atoms with Crippen LogP contribution in [-0.2, 0) is 6.18 Å². The number of hydrogen-bond acceptors (Lipinski definition) is 1. The van der Waals surface area contributed by atoms with Crippen molar-refractivity contribution in [2.75, 3.05) is 0 Å². The lowest BCUT2D eigenvalue weighted by Gasteiger charge is -2.21. The SMILES string of the molecule is Cc1cccc(-c2ccc3c(c2)c2ccccc2n3-c2cc(-c3ccccc3C(F)(F)F)c(-n3c4ccccc4c4cc(-c5cccc(C)c5)ccc43)cc2C#N)c1. The van der Waals surface area contributed by atoms with Crippen LogP contribution >= 0.6 is 0 Å². The van der Waals surface area contributed by atoms with Crippen LogP contribution in [-0.4, -0.2) is 9.13 Å². The van der Waals surface area contributed by atoms with Crippen LogP contribution in [0.25, 0.3) is 88.4 Å². The van der Waals surface area contributed by atoms with E-state index in [4.69, 9.17) is 0 Å². The molecule has 0 saturated carbocycles. The predicted octanol–water partition coefficient (Wildman–Crippen LogP) is 14.4. The van der Waals surface area contributed by atoms with E-state index in [9.17, 15) is 5.26 Å². The van der Waals surface area contributed by atoms with Crippen LogP contribution < -0.4 is 0 Å². The molecule has 0 aliphatic carbocycles. The molecular formula is C52H34F3N3. The molecule has 278 valence electrons. The minimum atomic E-state index is -4.63. The molecule has 0 bridgehead atoms. The van der Waals surface area contributed by atoms with Gasteiger partial charge in [-0.15, -0.1) is 0 Å². The van der Waals surface area contributed by atoms with E-state index in [-0.39, 0.29) is 5.56 Å². The first-order chi connectivity index (χ1) is 28.2. The maximum atomic E-state index is 15.0. The summed E-state index contributed by atoms with van der Waals surface area (Å²) in [6, 6.07) is 56.8. The van der Waals surface area contributed by atoms with E-state index in [1.54, 1.807) is 18.2 Å². The molecule has 3 nitrogen and oxygen atoms in total. The van der Waals surface area contributed by atoms with Gasteiger partial charge in [0, 0.05) is 27.1 Å². The highest BCUT2D eigenvalue weighted by molar-refractivity contribution is 6.12. The van der Waals surface area contributed by atoms with Crippen LogP contribution in [0.4, 0.5) is 13.2 Å². The largest absolute Gasteiger partial charge is 0.417 e. The smallest absolute Gasteiger partial charge is 0.309 e. The Morgan fingerprint density at radius 2 is 0.914 bits per heavy atom. The fraction of sp³-hybridized carbons (Fsp3) is 0.0577. The molecule has 0 spiro atoms. The zero-order valence-corrected chi connectivity index (χ0v) is 31.6. The fourth-order valence-electron chi connectivity index (χ4n) is 8.69. The van der Waals surface area contributed by atoms with Crippen molar-refractivity contribution in [1.29, 1.82) is 5.26 Å². The van der Waals surface area contributed by atoms with E-state index in [0.29, 0.717) is 22.5 Å². The Morgan fingerprint density at radius 3 is 1.45 bits per heavy atom. The predicted molar refractivity (Wildman–Crippen MR) is 231 cm³/mol. The molecule has 10 aromatic rings. The summed E-state index contributed by atoms with van der Waals surface area (Å²) in [7, 11) is 0. The molecule has 2 heterocycles. The van der Waals surface area contributed by atoms with Crippen molar-refractivity contribution in [1.82, 2.24) is 9.13 Å². The van der Waals surface area contributed by atoms with Crippen LogP contribution in [0.1, 0.15) is 22.3 Å². The van der Waals surface area contributed by atoms with E-state index < -0.39 is 11.7 Å². The van der Waals surface area contributed by atoms with E-state index >= 15 is 13.2 Å². The summed E-state index contributed by atoms with van der Waals surface area (Å²) in [5, 5.41) is 14.9. The van der Waals surface area contributed by atoms with Crippen LogP contribution in [0.2, 0.25) is 0 Å². The number of nitrogens with zero attached hydrogens (tertiary/aromatic N) is 3. The van der Waals surface area contributed by atoms with Gasteiger partial charge in [0.15, 0.2) is 0 Å². The van der Waals surface area contributed by atoms with Crippen molar-refractivity contribution in [3.63, 3.8) is 0 Å². The van der Waals surface area contributed by atoms with Crippen LogP contribution in [0, 0.1) is 25.2 Å². The number of benzene rings is 8. The highest BCUT2D eigenvalue weighted by atomic mass is 19.4. The third-order valence-electron chi connectivity index (χ3n) is 11.3. The zero-order chi connectivity index (χ0) is 39.7. The number of rotatable bonds is 5. The molecule has 0 amide bonds. The average molecular weight is 758 g/mol. The highest BCUT2D eigenvalue weighted by Gasteiger charge is 2.34. The van der Waals surface area contributed by atoms with Gasteiger partial charge < -0.3 is 9.13 Å². The second-order valence-corrected chi connectivity index (χ2v) is 14.9. The Morgan fingerprint density at radius 1 is 0.431 bits per heavy atom. The fourth-order valence-corrected chi connectivity index (χ4v) is 8.69. The van der Waals surface area contributed by atoms with Crippen LogP contribution in [0.3, 0.4) is 0 Å². The third kappa shape index (κ3) is 5.66. The van der Waals surface area contributed by atoms with Gasteiger partial charge in [0.25, 0.3) is 0 Å². The van der Waals surface area contributed by atoms with Gasteiger partial charge in [-0.2, -0.15) is 18.4 Å². The monoisotopic (exact) mass is 757 g/mol. The van der Waals surface area contributed by atoms with Crippen molar-refractivity contribution < 1.29 is 13.2 Å². The normalized spacial score (nSPS) is 11.9. The lowest BCUT2D eigenvalue weighted by molar-refractivity contribution is -0.137. The van der Waals surface area contributed by atoms with E-state index in [1.807, 2.05) is 75.9 Å². The number of halogens is 3. The van der Waals surface area contributed by atoms with Crippen LogP contribution in [0.15, 0.2) is 170 Å². The van der Waals surface area contributed by atoms with Gasteiger partial charge in [0.2, 0.25) is 0 Å². The van der Waals surface area contributed by atoms with Gasteiger partial charge in [-0.25, -0.2) is 0 Å². The lowest BCUT2D eigenvalue weighted by Crippen LogP contribution is -2.09. The van der Waals surface area contributed by atoms with E-state index in [2.05, 4.69) is 86.6 Å². The Bertz CT molecular complexity index is 3320. The van der Waals surface area contributed by atoms with Crippen molar-refractivity contribution in [3.8, 4) is 50.8 Å². The molecule has 0 aliphatic rings. The molecule has 0 atom stereocenters. The maximum Gasteiger partial charge on any atom is 0.417 e. The average Bonchev–Trinajstić information content (AvgIpc) is 3.75. The molecule has 0 aliphatic heterocycles. The number of fused-ring (bicyclic) bond motifs is 6. The summed E-state index contributed by atoms with van der Waals surface area (Å²) in [6.45, 7) is 4.13. The molecule has 58 heavy (non-hydrogen) atoms. The van der Waals surface area contributed by atoms with Gasteiger partial charge >= 0.3 is 6.18 Å². The number of para-hydroxylation sites is 2. The molecule has 0 N–H and O–H groups in total. The molecule has 2 aromatic heterocycles. The second kappa shape index (κ2) is 13.4. The number of aromatic nitrogens is 2. The van der Waals surface area contributed by atoms with E-state index in [1.165, 1.54) is 12.1 Å². The van der Waals surface area contributed by atoms with Gasteiger partial charge in [-0.3, -0.25) is 0 Å². The minimum absolute atomic E-state index is 0.0283. The summed E-state index contributed by atoms with van der Waals surface area (Å²) in [4.78, 5) is 0. The molecule has 0 fully saturated rings. The first-order valence-electron chi connectivity index (χ1n) is 19.1. The highest BCUT2D eigenvalue weighted by Crippen LogP contribution is 2.45. The van der Waals surface area contributed by atoms with Gasteiger partial charge in [0.1, 0.15) is 6.07 Å². The summed E-state index contributed by atoms with van der Waals surface area (Å²) < 4.78 is 49.1. The molecule has 6 heteroatoms. The number of nitriles is 1. The number of alkyl halides is 3. The molecule has 0 radical (unpaired) electrons. The Kier molecular flexibility index (Phi) is 8.10. The van der Waals surface area contributed by atoms with Gasteiger partial charge in [-0.05, 0) is 96.3 Å². The number of hydrogen-bond donors (Lipinski definition) is 0. The first-order valence-corrected chi connectivity index (χ1v) is 19.1. The van der Waals surface area contributed by atoms with Gasteiger partial charge in [-0.1, -0.05) is 126 Å². The maximum absolute atomic E-state index is 15.0. The first kappa shape index (κ1) is 35.1. The zero-order valence-electron chi connectivity index (χ0n) is 31.6. The van der Waals surface area contributed by atoms with Crippen LogP contribution in [0.5, 0.6) is 0 Å². The number of aryl methyl sites for hydroxylation is 2. The van der Waals surface area contributed by atoms with Crippen molar-refractivity contribution in [2.24, 2.45) is 0 Å². The third-order valence-corrected chi connectivity index (χ3v) is 11.3. The molecule has 0 unspecified atom stereocenters. The van der Waals surface area contributed by atoms with Crippen molar-refractivity contribution >= 4 is 43.6 Å². The molecule has 10 rings (SSSR count). The Labute approximate surface area is 333 Å². The topological polar surface area (TPSA) is 33.6 Å². The molecular weight excluding hydrogens is 724 g/mol. The second-order valence-electron chi connectivity index (χ2n) is 14.9. The molecule has 0 saturated heterocycles. The Balaban J connectivity index is 1.29.